The van der Waals surface area contributed by atoms with Crippen LogP contribution in [0.4, 0.5) is 0 Å². The van der Waals surface area contributed by atoms with Crippen LogP contribution in [-0.4, -0.2) is 59.0 Å². The quantitative estimate of drug-likeness (QED) is 0.411. The van der Waals surface area contributed by atoms with Crippen molar-refractivity contribution in [3.63, 3.8) is 0 Å². The molecule has 0 spiro atoms. The predicted octanol–water partition coefficient (Wildman–Crippen LogP) is 2.79. The average molecular weight is 480 g/mol. The minimum Gasteiger partial charge on any atom is -0.491 e. The van der Waals surface area contributed by atoms with Gasteiger partial charge in [0.2, 0.25) is 0 Å². The van der Waals surface area contributed by atoms with Gasteiger partial charge >= 0.3 is 0 Å². The summed E-state index contributed by atoms with van der Waals surface area (Å²) in [6, 6.07) is 10.8. The zero-order valence-electron chi connectivity index (χ0n) is 20.4. The average Bonchev–Trinajstić information content (AvgIpc) is 3.25. The standard InChI is InChI=1S/C28H33NO6/c1-4-5-10-29-27(34)16-6-8-19-17(11-16)12-22-25(19)26(33)20-9-7-18(13-21(20)28(22,2)3)35-15-24(32)23(31)14-30/h6-9,11,13,23-24,30-32H,4-5,10,12,14-15H2,1-3H3,(H,29,34)/t23-,24-/m1/s1. The molecule has 2 aromatic carbocycles. The molecule has 0 fully saturated rings. The van der Waals surface area contributed by atoms with Crippen LogP contribution in [0.25, 0.3) is 5.57 Å². The summed E-state index contributed by atoms with van der Waals surface area (Å²) in [5, 5.41) is 31.4. The number of ether oxygens (including phenoxy) is 1. The first-order valence-corrected chi connectivity index (χ1v) is 12.1. The number of Topliss-reactive ketones (excluding diaryl/α,β-unsaturated/α-hetero) is 1. The summed E-state index contributed by atoms with van der Waals surface area (Å²) in [5.74, 6) is 0.324. The Morgan fingerprint density at radius 2 is 1.86 bits per heavy atom. The van der Waals surface area contributed by atoms with E-state index in [4.69, 9.17) is 9.84 Å². The van der Waals surface area contributed by atoms with Gasteiger partial charge in [-0.25, -0.2) is 0 Å². The molecule has 2 atom stereocenters. The lowest BCUT2D eigenvalue weighted by atomic mass is 9.68. The topological polar surface area (TPSA) is 116 Å². The molecule has 186 valence electrons. The lowest BCUT2D eigenvalue weighted by Crippen LogP contribution is -2.34. The first kappa shape index (κ1) is 25.1. The van der Waals surface area contributed by atoms with E-state index in [1.165, 1.54) is 0 Å². The fourth-order valence-electron chi connectivity index (χ4n) is 4.88. The van der Waals surface area contributed by atoms with Crippen molar-refractivity contribution in [3.05, 3.63) is 69.8 Å². The number of hydrogen-bond acceptors (Lipinski definition) is 6. The first-order valence-electron chi connectivity index (χ1n) is 12.1. The molecule has 0 radical (unpaired) electrons. The van der Waals surface area contributed by atoms with E-state index in [1.54, 1.807) is 18.2 Å². The number of aliphatic hydroxyl groups excluding tert-OH is 3. The number of fused-ring (bicyclic) bond motifs is 3. The molecule has 35 heavy (non-hydrogen) atoms. The Morgan fingerprint density at radius 1 is 1.11 bits per heavy atom. The molecule has 1 amide bonds. The lowest BCUT2D eigenvalue weighted by molar-refractivity contribution is -0.0339. The van der Waals surface area contributed by atoms with Crippen molar-refractivity contribution in [3.8, 4) is 5.75 Å². The maximum atomic E-state index is 13.6. The second-order valence-electron chi connectivity index (χ2n) is 9.80. The molecule has 2 aromatic rings. The second-order valence-corrected chi connectivity index (χ2v) is 9.80. The number of rotatable bonds is 9. The normalized spacial score (nSPS) is 17.4. The van der Waals surface area contributed by atoms with Crippen LogP contribution in [0.1, 0.15) is 71.0 Å². The van der Waals surface area contributed by atoms with Crippen molar-refractivity contribution in [1.82, 2.24) is 5.32 Å². The number of hydrogen-bond donors (Lipinski definition) is 4. The smallest absolute Gasteiger partial charge is 0.251 e. The molecule has 0 aromatic heterocycles. The number of unbranched alkanes of at least 4 members (excludes halogenated alkanes) is 1. The summed E-state index contributed by atoms with van der Waals surface area (Å²) >= 11 is 0. The summed E-state index contributed by atoms with van der Waals surface area (Å²) in [7, 11) is 0. The highest BCUT2D eigenvalue weighted by Crippen LogP contribution is 2.50. The van der Waals surface area contributed by atoms with Crippen molar-refractivity contribution < 1.29 is 29.6 Å². The van der Waals surface area contributed by atoms with E-state index < -0.39 is 24.2 Å². The third-order valence-corrected chi connectivity index (χ3v) is 7.06. The van der Waals surface area contributed by atoms with Gasteiger partial charge < -0.3 is 25.4 Å². The Labute approximate surface area is 205 Å². The summed E-state index contributed by atoms with van der Waals surface area (Å²) in [4.78, 5) is 26.1. The van der Waals surface area contributed by atoms with Crippen LogP contribution in [0.15, 0.2) is 42.0 Å². The van der Waals surface area contributed by atoms with Gasteiger partial charge in [0.1, 0.15) is 24.6 Å². The van der Waals surface area contributed by atoms with Crippen molar-refractivity contribution in [1.29, 1.82) is 0 Å². The molecule has 7 heteroatoms. The van der Waals surface area contributed by atoms with Gasteiger partial charge in [-0.15, -0.1) is 0 Å². The van der Waals surface area contributed by atoms with Crippen molar-refractivity contribution in [2.75, 3.05) is 19.8 Å². The molecule has 7 nitrogen and oxygen atoms in total. The number of carbonyl (C=O) groups is 2. The predicted molar refractivity (Wildman–Crippen MR) is 133 cm³/mol. The number of benzene rings is 2. The van der Waals surface area contributed by atoms with Gasteiger partial charge in [-0.3, -0.25) is 9.59 Å². The molecular weight excluding hydrogens is 446 g/mol. The van der Waals surface area contributed by atoms with E-state index >= 15 is 0 Å². The van der Waals surface area contributed by atoms with E-state index in [-0.39, 0.29) is 18.3 Å². The van der Waals surface area contributed by atoms with Crippen LogP contribution < -0.4 is 10.1 Å². The maximum absolute atomic E-state index is 13.6. The summed E-state index contributed by atoms with van der Waals surface area (Å²) < 4.78 is 5.65. The molecule has 0 bridgehead atoms. The van der Waals surface area contributed by atoms with E-state index in [2.05, 4.69) is 26.1 Å². The van der Waals surface area contributed by atoms with E-state index in [1.807, 2.05) is 18.2 Å². The van der Waals surface area contributed by atoms with Gasteiger partial charge in [0, 0.05) is 28.7 Å². The maximum Gasteiger partial charge on any atom is 0.251 e. The Hall–Kier alpha value is -3.00. The number of amides is 1. The minimum atomic E-state index is -1.28. The Kier molecular flexibility index (Phi) is 7.12. The van der Waals surface area contributed by atoms with Gasteiger partial charge in [0.25, 0.3) is 5.91 Å². The van der Waals surface area contributed by atoms with E-state index in [0.717, 1.165) is 35.1 Å². The molecule has 2 aliphatic rings. The minimum absolute atomic E-state index is 0.0458. The molecule has 0 saturated carbocycles. The SMILES string of the molecule is CCCCNC(=O)c1ccc2c(c1)CC1=C2C(=O)c2ccc(OC[C@@H](O)[C@H](O)CO)cc2C1(C)C. The second kappa shape index (κ2) is 9.93. The Morgan fingerprint density at radius 3 is 2.57 bits per heavy atom. The van der Waals surface area contributed by atoms with Gasteiger partial charge in [-0.1, -0.05) is 33.3 Å². The number of ketones is 1. The molecule has 4 rings (SSSR count). The number of aliphatic hydroxyl groups is 3. The van der Waals surface area contributed by atoms with Gasteiger partial charge in [-0.05, 0) is 65.4 Å². The Bertz CT molecular complexity index is 1180. The van der Waals surface area contributed by atoms with Crippen LogP contribution in [0.2, 0.25) is 0 Å². The van der Waals surface area contributed by atoms with Crippen LogP contribution in [0, 0.1) is 0 Å². The highest BCUT2D eigenvalue weighted by atomic mass is 16.5. The molecule has 0 saturated heterocycles. The van der Waals surface area contributed by atoms with Crippen LogP contribution >= 0.6 is 0 Å². The first-order chi connectivity index (χ1) is 16.7. The molecule has 0 aliphatic heterocycles. The van der Waals surface area contributed by atoms with Gasteiger partial charge in [0.15, 0.2) is 5.78 Å². The van der Waals surface area contributed by atoms with E-state index in [9.17, 15) is 19.8 Å². The highest BCUT2D eigenvalue weighted by molar-refractivity contribution is 6.33. The van der Waals surface area contributed by atoms with Crippen LogP contribution in [0.3, 0.4) is 0 Å². The fraction of sp³-hybridized carbons (Fsp3) is 0.429. The number of nitrogens with one attached hydrogen (secondary N) is 1. The fourth-order valence-corrected chi connectivity index (χ4v) is 4.88. The van der Waals surface area contributed by atoms with Crippen molar-refractivity contribution in [2.45, 2.75) is 57.7 Å². The van der Waals surface area contributed by atoms with Crippen LogP contribution in [-0.2, 0) is 11.8 Å². The number of carbonyl (C=O) groups excluding carboxylic acids is 2. The molecule has 0 heterocycles. The lowest BCUT2D eigenvalue weighted by Gasteiger charge is -2.34. The van der Waals surface area contributed by atoms with Gasteiger partial charge in [-0.2, -0.15) is 0 Å². The zero-order valence-corrected chi connectivity index (χ0v) is 20.4. The highest BCUT2D eigenvalue weighted by Gasteiger charge is 2.43. The molecular formula is C28H33NO6. The van der Waals surface area contributed by atoms with Crippen molar-refractivity contribution in [2.24, 2.45) is 0 Å². The third kappa shape index (κ3) is 4.63. The largest absolute Gasteiger partial charge is 0.491 e. The summed E-state index contributed by atoms with van der Waals surface area (Å²) in [5.41, 5.74) is 5.17. The summed E-state index contributed by atoms with van der Waals surface area (Å²) in [6.07, 6.45) is 0.0224. The van der Waals surface area contributed by atoms with Gasteiger partial charge in [0.05, 0.1) is 6.61 Å². The molecule has 0 unspecified atom stereocenters. The third-order valence-electron chi connectivity index (χ3n) is 7.06. The Balaban J connectivity index is 1.60. The monoisotopic (exact) mass is 479 g/mol. The van der Waals surface area contributed by atoms with E-state index in [0.29, 0.717) is 35.4 Å². The molecule has 2 aliphatic carbocycles. The number of allylic oxidation sites excluding steroid dienone is 2. The van der Waals surface area contributed by atoms with Crippen molar-refractivity contribution >= 4 is 17.3 Å². The zero-order chi connectivity index (χ0) is 25.3. The van der Waals surface area contributed by atoms with Crippen LogP contribution in [0.5, 0.6) is 5.75 Å². The molecule has 4 N–H and O–H groups in total. The summed E-state index contributed by atoms with van der Waals surface area (Å²) in [6.45, 7) is 6.13.